The summed E-state index contributed by atoms with van der Waals surface area (Å²) < 4.78 is 21.0. The van der Waals surface area contributed by atoms with Gasteiger partial charge in [0.1, 0.15) is 28.5 Å². The van der Waals surface area contributed by atoms with Crippen LogP contribution in [0.1, 0.15) is 156 Å². The zero-order valence-electron chi connectivity index (χ0n) is 37.5. The Bertz CT molecular complexity index is 2150. The fourth-order valence-electron chi connectivity index (χ4n) is 18.0. The highest BCUT2D eigenvalue weighted by Gasteiger charge is 2.69. The van der Waals surface area contributed by atoms with Crippen LogP contribution in [-0.4, -0.2) is 38.5 Å². The molecule has 0 saturated heterocycles. The SMILES string of the molecule is C[C@]12CC[C@H]3[C@@](C)(CCC[C@@]3(C)C(=O)O)[C@@H]1CC[C@@]1(C)Oc3c(O)ccc(Oc4ccc5c(c4)C[C@H]4[C@]6(C)CC[C@@H]7[C@](C)(CCC[C@]7(C)C(=O)O)[C@H]6CC[C@]4(C)O5)c3C[C@H]21. The first kappa shape index (κ1) is 40.6. The molecule has 2 heterocycles. The van der Waals surface area contributed by atoms with E-state index in [-0.39, 0.29) is 50.8 Å². The lowest BCUT2D eigenvalue weighted by Gasteiger charge is -2.68. The predicted molar refractivity (Wildman–Crippen MR) is 230 cm³/mol. The van der Waals surface area contributed by atoms with E-state index in [1.54, 1.807) is 6.07 Å². The molecule has 14 atom stereocenters. The van der Waals surface area contributed by atoms with Crippen LogP contribution >= 0.6 is 0 Å². The lowest BCUT2D eigenvalue weighted by atomic mass is 9.37. The van der Waals surface area contributed by atoms with Crippen molar-refractivity contribution in [3.05, 3.63) is 41.5 Å². The average Bonchev–Trinajstić information content (AvgIpc) is 3.17. The zero-order chi connectivity index (χ0) is 42.6. The van der Waals surface area contributed by atoms with Gasteiger partial charge < -0.3 is 29.5 Å². The molecule has 6 fully saturated rings. The molecule has 10 rings (SSSR count). The molecule has 6 saturated carbocycles. The monoisotopic (exact) mass is 823 g/mol. The molecule has 8 nitrogen and oxygen atoms in total. The van der Waals surface area contributed by atoms with E-state index < -0.39 is 28.4 Å². The van der Waals surface area contributed by atoms with Crippen molar-refractivity contribution < 1.29 is 39.1 Å². The molecule has 2 aliphatic heterocycles. The molecular weight excluding hydrogens is 753 g/mol. The molecular formula is C52H70O8. The number of aromatic hydroxyl groups is 1. The molecule has 326 valence electrons. The molecule has 0 radical (unpaired) electrons. The van der Waals surface area contributed by atoms with E-state index in [1.165, 1.54) is 0 Å². The standard InChI is InChI=1S/C52H70O8/c1-45-19-9-21-49(5,43(54)55)38(45)15-23-47(3)36(45)17-25-51(7)40(47)28-30-27-31(11-13-34(30)59-51)58-35-14-12-33(53)42-32(35)29-41-48(4)24-16-39-46(2,20-10-22-50(39,6)44(56)57)37(48)18-26-52(41,8)60-42/h11-14,27,36-41,53H,9-10,15-26,28-29H2,1-8H3,(H,54,55)(H,56,57)/t36-,37+,38-,39+,40+,41-,45-,46+,47-,48+,49+,50-,51+,52-/m1/s1. The summed E-state index contributed by atoms with van der Waals surface area (Å²) >= 11 is 0. The van der Waals surface area contributed by atoms with E-state index in [9.17, 15) is 24.9 Å². The van der Waals surface area contributed by atoms with Crippen molar-refractivity contribution in [2.75, 3.05) is 0 Å². The van der Waals surface area contributed by atoms with Gasteiger partial charge in [-0.25, -0.2) is 0 Å². The van der Waals surface area contributed by atoms with Gasteiger partial charge in [-0.3, -0.25) is 9.59 Å². The van der Waals surface area contributed by atoms with E-state index in [0.717, 1.165) is 125 Å². The van der Waals surface area contributed by atoms with Crippen LogP contribution in [0, 0.1) is 68.0 Å². The van der Waals surface area contributed by atoms with Gasteiger partial charge in [0, 0.05) is 17.4 Å². The highest BCUT2D eigenvalue weighted by molar-refractivity contribution is 5.75. The zero-order valence-corrected chi connectivity index (χ0v) is 37.5. The van der Waals surface area contributed by atoms with Crippen LogP contribution in [0.25, 0.3) is 0 Å². The smallest absolute Gasteiger partial charge is 0.309 e. The van der Waals surface area contributed by atoms with Crippen molar-refractivity contribution in [3.8, 4) is 28.7 Å². The number of hydrogen-bond acceptors (Lipinski definition) is 6. The van der Waals surface area contributed by atoms with Gasteiger partial charge in [-0.1, -0.05) is 40.5 Å². The Labute approximate surface area is 357 Å². The first-order chi connectivity index (χ1) is 28.1. The molecule has 60 heavy (non-hydrogen) atoms. The van der Waals surface area contributed by atoms with Crippen molar-refractivity contribution >= 4 is 11.9 Å². The summed E-state index contributed by atoms with van der Waals surface area (Å²) in [7, 11) is 0. The third-order valence-corrected chi connectivity index (χ3v) is 21.0. The first-order valence-corrected chi connectivity index (χ1v) is 23.7. The predicted octanol–water partition coefficient (Wildman–Crippen LogP) is 12.0. The van der Waals surface area contributed by atoms with E-state index in [4.69, 9.17) is 14.2 Å². The number of carbonyl (C=O) groups is 2. The molecule has 0 aromatic heterocycles. The second kappa shape index (κ2) is 12.8. The second-order valence-electron chi connectivity index (χ2n) is 23.6. The van der Waals surface area contributed by atoms with Gasteiger partial charge in [-0.2, -0.15) is 0 Å². The largest absolute Gasteiger partial charge is 0.504 e. The minimum Gasteiger partial charge on any atom is -0.504 e. The number of rotatable bonds is 4. The fraction of sp³-hybridized carbons (Fsp3) is 0.731. The second-order valence-corrected chi connectivity index (χ2v) is 23.6. The van der Waals surface area contributed by atoms with Gasteiger partial charge in [0.05, 0.1) is 10.8 Å². The molecule has 3 N–H and O–H groups in total. The van der Waals surface area contributed by atoms with Crippen LogP contribution in [0.3, 0.4) is 0 Å². The van der Waals surface area contributed by atoms with Crippen LogP contribution in [-0.2, 0) is 22.4 Å². The maximum absolute atomic E-state index is 12.8. The number of phenolic OH excluding ortho intramolecular Hbond substituents is 1. The van der Waals surface area contributed by atoms with Gasteiger partial charge in [0.25, 0.3) is 0 Å². The number of fused-ring (bicyclic) bond motifs is 12. The fourth-order valence-corrected chi connectivity index (χ4v) is 18.0. The Morgan fingerprint density at radius 3 is 1.63 bits per heavy atom. The van der Waals surface area contributed by atoms with E-state index >= 15 is 0 Å². The molecule has 6 aliphatic carbocycles. The Morgan fingerprint density at radius 2 is 1.08 bits per heavy atom. The molecule has 0 bridgehead atoms. The number of aliphatic carboxylic acids is 2. The van der Waals surface area contributed by atoms with Crippen molar-refractivity contribution in [2.24, 2.45) is 68.0 Å². The van der Waals surface area contributed by atoms with Crippen molar-refractivity contribution in [3.63, 3.8) is 0 Å². The molecule has 8 heteroatoms. The summed E-state index contributed by atoms with van der Waals surface area (Å²) in [5.41, 5.74) is -0.116. The Kier molecular flexibility index (Phi) is 8.69. The van der Waals surface area contributed by atoms with Crippen LogP contribution < -0.4 is 14.2 Å². The van der Waals surface area contributed by atoms with E-state index in [0.29, 0.717) is 29.3 Å². The molecule has 2 aromatic carbocycles. The normalized spacial score (nSPS) is 47.4. The summed E-state index contributed by atoms with van der Waals surface area (Å²) in [6.07, 6.45) is 15.0. The maximum atomic E-state index is 12.8. The third kappa shape index (κ3) is 5.26. The minimum absolute atomic E-state index is 0.0109. The first-order valence-electron chi connectivity index (χ1n) is 23.7. The van der Waals surface area contributed by atoms with Crippen LogP contribution in [0.4, 0.5) is 0 Å². The quantitative estimate of drug-likeness (QED) is 0.279. The molecule has 0 amide bonds. The number of benzene rings is 2. The highest BCUT2D eigenvalue weighted by atomic mass is 16.5. The summed E-state index contributed by atoms with van der Waals surface area (Å²) in [4.78, 5) is 25.6. The summed E-state index contributed by atoms with van der Waals surface area (Å²) in [6, 6.07) is 9.88. The van der Waals surface area contributed by atoms with Crippen LogP contribution in [0.2, 0.25) is 0 Å². The van der Waals surface area contributed by atoms with Gasteiger partial charge >= 0.3 is 11.9 Å². The topological polar surface area (TPSA) is 123 Å². The molecule has 2 aromatic rings. The summed E-state index contributed by atoms with van der Waals surface area (Å²) in [6.45, 7) is 18.4. The number of carboxylic acids is 2. The van der Waals surface area contributed by atoms with E-state index in [2.05, 4.69) is 53.7 Å². The number of hydrogen-bond donors (Lipinski definition) is 3. The van der Waals surface area contributed by atoms with Gasteiger partial charge in [0.15, 0.2) is 11.5 Å². The van der Waals surface area contributed by atoms with E-state index in [1.807, 2.05) is 26.0 Å². The van der Waals surface area contributed by atoms with Crippen LogP contribution in [0.15, 0.2) is 30.3 Å². The van der Waals surface area contributed by atoms with Crippen molar-refractivity contribution in [1.82, 2.24) is 0 Å². The van der Waals surface area contributed by atoms with Crippen LogP contribution in [0.5, 0.6) is 28.7 Å². The Morgan fingerprint density at radius 1 is 0.583 bits per heavy atom. The minimum atomic E-state index is -0.691. The van der Waals surface area contributed by atoms with Gasteiger partial charge in [-0.15, -0.1) is 0 Å². The Hall–Kier alpha value is -3.42. The highest BCUT2D eigenvalue weighted by Crippen LogP contribution is 2.73. The lowest BCUT2D eigenvalue weighted by molar-refractivity contribution is -0.215. The van der Waals surface area contributed by atoms with Crippen molar-refractivity contribution in [1.29, 1.82) is 0 Å². The number of ether oxygens (including phenoxy) is 3. The maximum Gasteiger partial charge on any atom is 0.309 e. The lowest BCUT2D eigenvalue weighted by Crippen LogP contribution is -2.65. The third-order valence-electron chi connectivity index (χ3n) is 21.0. The summed E-state index contributed by atoms with van der Waals surface area (Å²) in [5, 5.41) is 32.3. The van der Waals surface area contributed by atoms with Crippen molar-refractivity contribution in [2.45, 2.75) is 169 Å². The summed E-state index contributed by atoms with van der Waals surface area (Å²) in [5.74, 6) is 3.46. The molecule has 0 spiro atoms. The average molecular weight is 823 g/mol. The van der Waals surface area contributed by atoms with Gasteiger partial charge in [0.2, 0.25) is 0 Å². The molecule has 0 unspecified atom stereocenters. The Balaban J connectivity index is 0.942. The number of carboxylic acid groups (broad SMARTS) is 2. The van der Waals surface area contributed by atoms with Gasteiger partial charge in [-0.05, 0) is 199 Å². The molecule has 8 aliphatic rings. The number of phenols is 1.